The largest absolute Gasteiger partial charge is 0.480 e. The standard InChI is InChI=1S/C23H27N3O7/c1-11-13(3)32-18-10-19-16(9-15(11)18)12(2)14(22(30)33-19)6-7-20(27)26-17(21(28)29)5-4-8-25-23(24)31/h9-10,17H,4-8H2,1-3H3,(H,26,27)(H,28,29)(H3,24,25,31)/t17-/m0/s1. The maximum Gasteiger partial charge on any atom is 0.339 e. The molecule has 0 aliphatic heterocycles. The van der Waals surface area contributed by atoms with Gasteiger partial charge in [0.25, 0.3) is 0 Å². The number of primary amides is 1. The van der Waals surface area contributed by atoms with E-state index in [0.717, 1.165) is 22.1 Å². The Morgan fingerprint density at radius 3 is 2.39 bits per heavy atom. The normalized spacial score (nSPS) is 12.1. The van der Waals surface area contributed by atoms with Crippen LogP contribution in [0.5, 0.6) is 0 Å². The third kappa shape index (κ3) is 5.33. The molecule has 176 valence electrons. The molecule has 3 amide bonds. The lowest BCUT2D eigenvalue weighted by Crippen LogP contribution is -2.41. The SMILES string of the molecule is Cc1oc2cc3oc(=O)c(CCC(=O)N[C@@H](CCCNC(N)=O)C(=O)O)c(C)c3cc2c1C. The first-order valence-electron chi connectivity index (χ1n) is 10.6. The quantitative estimate of drug-likeness (QED) is 0.283. The van der Waals surface area contributed by atoms with Gasteiger partial charge >= 0.3 is 17.6 Å². The van der Waals surface area contributed by atoms with Crippen LogP contribution in [0.25, 0.3) is 21.9 Å². The summed E-state index contributed by atoms with van der Waals surface area (Å²) in [5.41, 5.74) is 7.55. The van der Waals surface area contributed by atoms with Crippen LogP contribution in [-0.4, -0.2) is 35.6 Å². The number of nitrogens with one attached hydrogen (secondary N) is 2. The lowest BCUT2D eigenvalue weighted by Gasteiger charge is -2.15. The third-order valence-electron chi connectivity index (χ3n) is 5.79. The van der Waals surface area contributed by atoms with Crippen molar-refractivity contribution in [2.75, 3.05) is 6.54 Å². The number of rotatable bonds is 9. The highest BCUT2D eigenvalue weighted by atomic mass is 16.4. The van der Waals surface area contributed by atoms with E-state index in [9.17, 15) is 24.3 Å². The van der Waals surface area contributed by atoms with Crippen LogP contribution in [0.15, 0.2) is 25.8 Å². The van der Waals surface area contributed by atoms with Crippen LogP contribution in [0.1, 0.15) is 41.7 Å². The summed E-state index contributed by atoms with van der Waals surface area (Å²) >= 11 is 0. The summed E-state index contributed by atoms with van der Waals surface area (Å²) in [5, 5.41) is 15.8. The molecule has 0 bridgehead atoms. The highest BCUT2D eigenvalue weighted by molar-refractivity contribution is 5.96. The van der Waals surface area contributed by atoms with Crippen molar-refractivity contribution in [3.63, 3.8) is 0 Å². The molecule has 1 aromatic carbocycles. The summed E-state index contributed by atoms with van der Waals surface area (Å²) in [6.45, 7) is 5.82. The molecule has 5 N–H and O–H groups in total. The number of hydrogen-bond acceptors (Lipinski definition) is 6. The first-order valence-corrected chi connectivity index (χ1v) is 10.6. The highest BCUT2D eigenvalue weighted by Gasteiger charge is 2.21. The number of fused-ring (bicyclic) bond motifs is 2. The number of benzene rings is 1. The predicted octanol–water partition coefficient (Wildman–Crippen LogP) is 2.41. The number of carboxylic acid groups (broad SMARTS) is 1. The molecule has 0 radical (unpaired) electrons. The van der Waals surface area contributed by atoms with Gasteiger partial charge < -0.3 is 30.3 Å². The molecular formula is C23H27N3O7. The van der Waals surface area contributed by atoms with E-state index < -0.39 is 29.6 Å². The minimum Gasteiger partial charge on any atom is -0.480 e. The van der Waals surface area contributed by atoms with E-state index in [1.54, 1.807) is 13.0 Å². The molecule has 10 heteroatoms. The van der Waals surface area contributed by atoms with Gasteiger partial charge in [-0.3, -0.25) is 4.79 Å². The Labute approximate surface area is 189 Å². The average molecular weight is 457 g/mol. The van der Waals surface area contributed by atoms with Crippen molar-refractivity contribution in [3.05, 3.63) is 45.0 Å². The maximum atomic E-state index is 12.6. The second-order valence-corrected chi connectivity index (χ2v) is 8.01. The number of carbonyl (C=O) groups is 3. The van der Waals surface area contributed by atoms with Crippen LogP contribution in [0.4, 0.5) is 4.79 Å². The van der Waals surface area contributed by atoms with Crippen molar-refractivity contribution in [1.29, 1.82) is 0 Å². The van der Waals surface area contributed by atoms with Gasteiger partial charge in [-0.1, -0.05) is 0 Å². The molecule has 0 aliphatic carbocycles. The Morgan fingerprint density at radius 2 is 1.73 bits per heavy atom. The van der Waals surface area contributed by atoms with Gasteiger partial charge in [-0.2, -0.15) is 0 Å². The van der Waals surface area contributed by atoms with Gasteiger partial charge in [0.2, 0.25) is 5.91 Å². The van der Waals surface area contributed by atoms with E-state index in [1.165, 1.54) is 0 Å². The van der Waals surface area contributed by atoms with Crippen LogP contribution in [0.2, 0.25) is 0 Å². The number of carbonyl (C=O) groups excluding carboxylic acids is 2. The minimum absolute atomic E-state index is 0.0769. The van der Waals surface area contributed by atoms with E-state index in [4.69, 9.17) is 14.6 Å². The Balaban J connectivity index is 1.73. The molecular weight excluding hydrogens is 430 g/mol. The van der Waals surface area contributed by atoms with Crippen molar-refractivity contribution in [3.8, 4) is 0 Å². The summed E-state index contributed by atoms with van der Waals surface area (Å²) in [4.78, 5) is 47.0. The molecule has 0 unspecified atom stereocenters. The van der Waals surface area contributed by atoms with Crippen LogP contribution < -0.4 is 22.0 Å². The van der Waals surface area contributed by atoms with Gasteiger partial charge in [0.15, 0.2) is 0 Å². The van der Waals surface area contributed by atoms with Gasteiger partial charge in [-0.25, -0.2) is 14.4 Å². The molecule has 1 atom stereocenters. The molecule has 0 saturated carbocycles. The van der Waals surface area contributed by atoms with Crippen LogP contribution in [-0.2, 0) is 16.0 Å². The third-order valence-corrected chi connectivity index (χ3v) is 5.79. The van der Waals surface area contributed by atoms with Crippen molar-refractivity contribution >= 4 is 39.8 Å². The molecule has 0 saturated heterocycles. The molecule has 2 aromatic heterocycles. The summed E-state index contributed by atoms with van der Waals surface area (Å²) in [6, 6.07) is 1.80. The van der Waals surface area contributed by atoms with Crippen molar-refractivity contribution in [2.45, 2.75) is 52.5 Å². The molecule has 10 nitrogen and oxygen atoms in total. The molecule has 0 fully saturated rings. The molecule has 3 aromatic rings. The molecule has 33 heavy (non-hydrogen) atoms. The number of carboxylic acids is 1. The summed E-state index contributed by atoms with van der Waals surface area (Å²) in [7, 11) is 0. The Bertz CT molecular complexity index is 1290. The zero-order valence-corrected chi connectivity index (χ0v) is 18.7. The number of furan rings is 1. The maximum absolute atomic E-state index is 12.6. The van der Waals surface area contributed by atoms with Crippen LogP contribution in [0, 0.1) is 20.8 Å². The second kappa shape index (κ2) is 9.76. The monoisotopic (exact) mass is 457 g/mol. The number of aryl methyl sites for hydroxylation is 3. The summed E-state index contributed by atoms with van der Waals surface area (Å²) < 4.78 is 11.2. The second-order valence-electron chi connectivity index (χ2n) is 8.01. The fourth-order valence-electron chi connectivity index (χ4n) is 3.79. The van der Waals surface area contributed by atoms with E-state index in [0.29, 0.717) is 28.7 Å². The fourth-order valence-corrected chi connectivity index (χ4v) is 3.79. The van der Waals surface area contributed by atoms with Gasteiger partial charge in [0, 0.05) is 35.4 Å². The van der Waals surface area contributed by atoms with E-state index in [-0.39, 0.29) is 25.8 Å². The Hall–Kier alpha value is -3.82. The molecule has 0 aliphatic rings. The molecule has 3 rings (SSSR count). The van der Waals surface area contributed by atoms with Crippen molar-refractivity contribution < 1.29 is 28.3 Å². The van der Waals surface area contributed by atoms with Gasteiger partial charge in [-0.15, -0.1) is 0 Å². The minimum atomic E-state index is -1.18. The highest BCUT2D eigenvalue weighted by Crippen LogP contribution is 2.31. The Kier molecular flexibility index (Phi) is 7.05. The number of urea groups is 1. The van der Waals surface area contributed by atoms with Crippen molar-refractivity contribution in [1.82, 2.24) is 10.6 Å². The summed E-state index contributed by atoms with van der Waals surface area (Å²) in [6.07, 6.45) is 0.479. The average Bonchev–Trinajstić information content (AvgIpc) is 3.01. The first-order chi connectivity index (χ1) is 15.6. The Morgan fingerprint density at radius 1 is 1.06 bits per heavy atom. The van der Waals surface area contributed by atoms with Crippen LogP contribution in [0.3, 0.4) is 0 Å². The smallest absolute Gasteiger partial charge is 0.339 e. The fraction of sp³-hybridized carbons (Fsp3) is 0.391. The van der Waals surface area contributed by atoms with Gasteiger partial charge in [-0.05, 0) is 57.2 Å². The molecule has 2 heterocycles. The lowest BCUT2D eigenvalue weighted by molar-refractivity contribution is -0.142. The summed E-state index contributed by atoms with van der Waals surface area (Å²) in [5.74, 6) is -0.893. The zero-order chi connectivity index (χ0) is 24.3. The molecule has 0 spiro atoms. The van der Waals surface area contributed by atoms with Crippen LogP contribution >= 0.6 is 0 Å². The number of hydrogen-bond donors (Lipinski definition) is 4. The predicted molar refractivity (Wildman–Crippen MR) is 121 cm³/mol. The number of aliphatic carboxylic acids is 1. The zero-order valence-electron chi connectivity index (χ0n) is 18.7. The van der Waals surface area contributed by atoms with Crippen molar-refractivity contribution in [2.24, 2.45) is 5.73 Å². The van der Waals surface area contributed by atoms with E-state index in [1.807, 2.05) is 19.9 Å². The van der Waals surface area contributed by atoms with E-state index >= 15 is 0 Å². The topological polar surface area (TPSA) is 165 Å². The first kappa shape index (κ1) is 23.8. The number of amides is 3. The number of nitrogens with two attached hydrogens (primary N) is 1. The van der Waals surface area contributed by atoms with Gasteiger partial charge in [0.05, 0.1) is 0 Å². The lowest BCUT2D eigenvalue weighted by atomic mass is 10.00. The van der Waals surface area contributed by atoms with E-state index in [2.05, 4.69) is 10.6 Å². The van der Waals surface area contributed by atoms with Gasteiger partial charge in [0.1, 0.15) is 23.0 Å².